The van der Waals surface area contributed by atoms with Crippen molar-refractivity contribution in [1.29, 1.82) is 0 Å². The molecular formula is C37H60O5. The summed E-state index contributed by atoms with van der Waals surface area (Å²) < 4.78 is 11.7. The summed E-state index contributed by atoms with van der Waals surface area (Å²) >= 11 is 0. The Morgan fingerprint density at radius 2 is 1.57 bits per heavy atom. The summed E-state index contributed by atoms with van der Waals surface area (Å²) in [4.78, 5) is 12.0. The summed E-state index contributed by atoms with van der Waals surface area (Å²) in [7, 11) is 0. The summed E-state index contributed by atoms with van der Waals surface area (Å²) in [6.45, 7) is 10.3. The highest BCUT2D eigenvalue weighted by Gasteiger charge is 2.32. The minimum absolute atomic E-state index is 0.0492. The Labute approximate surface area is 256 Å². The summed E-state index contributed by atoms with van der Waals surface area (Å²) in [6.07, 6.45) is 19.4. The van der Waals surface area contributed by atoms with Gasteiger partial charge >= 0.3 is 5.97 Å². The molecule has 2 saturated carbocycles. The first-order valence-electron chi connectivity index (χ1n) is 17.1. The third kappa shape index (κ3) is 10.4. The molecule has 2 aliphatic rings. The summed E-state index contributed by atoms with van der Waals surface area (Å²) in [5.41, 5.74) is 2.31. The Morgan fingerprint density at radius 3 is 2.17 bits per heavy atom. The van der Waals surface area contributed by atoms with E-state index in [1.165, 1.54) is 82.6 Å². The number of hydrogen-bond donors (Lipinski definition) is 2. The molecule has 2 aliphatic carbocycles. The van der Waals surface area contributed by atoms with E-state index in [0.717, 1.165) is 41.9 Å². The number of carbonyl (C=O) groups is 1. The predicted molar refractivity (Wildman–Crippen MR) is 172 cm³/mol. The lowest BCUT2D eigenvalue weighted by Crippen LogP contribution is -2.31. The van der Waals surface area contributed by atoms with Crippen LogP contribution in [0.2, 0.25) is 0 Å². The lowest BCUT2D eigenvalue weighted by atomic mass is 9.68. The van der Waals surface area contributed by atoms with Crippen LogP contribution in [0.5, 0.6) is 5.75 Å². The Bertz CT molecular complexity index is 935. The van der Waals surface area contributed by atoms with E-state index >= 15 is 0 Å². The molecule has 42 heavy (non-hydrogen) atoms. The van der Waals surface area contributed by atoms with Gasteiger partial charge in [-0.1, -0.05) is 77.5 Å². The van der Waals surface area contributed by atoms with Crippen LogP contribution >= 0.6 is 0 Å². The third-order valence-electron chi connectivity index (χ3n) is 10.4. The van der Waals surface area contributed by atoms with Crippen molar-refractivity contribution in [3.8, 4) is 5.75 Å². The Kier molecular flexibility index (Phi) is 14.9. The van der Waals surface area contributed by atoms with Crippen LogP contribution in [-0.2, 0) is 16.0 Å². The standard InChI is InChI=1S/C37H60O5/c1-5-7-8-9-29-10-12-30(13-11-29)31-14-16-32(17-15-31)33-18-19-35(34(25-33)20-23-42-36(40)28(3)4)41-24-22-37(26-38,27-39)21-6-2/h18-19,25,29-32,38-39H,3,5-17,20-24,26-27H2,1-2,4H3. The minimum atomic E-state index is -0.515. The van der Waals surface area contributed by atoms with E-state index in [-0.39, 0.29) is 25.8 Å². The third-order valence-corrected chi connectivity index (χ3v) is 10.4. The van der Waals surface area contributed by atoms with Gasteiger partial charge in [0.05, 0.1) is 26.4 Å². The van der Waals surface area contributed by atoms with E-state index in [1.807, 2.05) is 0 Å². The van der Waals surface area contributed by atoms with Crippen molar-refractivity contribution in [2.75, 3.05) is 26.4 Å². The van der Waals surface area contributed by atoms with Crippen LogP contribution in [0.3, 0.4) is 0 Å². The number of benzene rings is 1. The predicted octanol–water partition coefficient (Wildman–Crippen LogP) is 8.55. The maximum Gasteiger partial charge on any atom is 0.333 e. The van der Waals surface area contributed by atoms with E-state index in [4.69, 9.17) is 9.47 Å². The molecule has 0 radical (unpaired) electrons. The molecule has 2 N–H and O–H groups in total. The number of ether oxygens (including phenoxy) is 2. The van der Waals surface area contributed by atoms with Gasteiger partial charge in [0.25, 0.3) is 0 Å². The first kappa shape index (κ1) is 34.6. The van der Waals surface area contributed by atoms with E-state index in [2.05, 4.69) is 38.6 Å². The maximum atomic E-state index is 12.0. The van der Waals surface area contributed by atoms with Crippen molar-refractivity contribution in [2.45, 2.75) is 129 Å². The molecule has 1 aromatic rings. The van der Waals surface area contributed by atoms with Crippen LogP contribution in [0.1, 0.15) is 134 Å². The zero-order chi connectivity index (χ0) is 30.4. The summed E-state index contributed by atoms with van der Waals surface area (Å²) in [5, 5.41) is 19.9. The van der Waals surface area contributed by atoms with E-state index in [0.29, 0.717) is 30.9 Å². The molecule has 0 unspecified atom stereocenters. The molecule has 238 valence electrons. The van der Waals surface area contributed by atoms with Crippen molar-refractivity contribution in [3.63, 3.8) is 0 Å². The van der Waals surface area contributed by atoms with Gasteiger partial charge in [0.2, 0.25) is 0 Å². The summed E-state index contributed by atoms with van der Waals surface area (Å²) in [6, 6.07) is 6.58. The Morgan fingerprint density at radius 1 is 0.905 bits per heavy atom. The van der Waals surface area contributed by atoms with Crippen molar-refractivity contribution >= 4 is 5.97 Å². The molecule has 0 aliphatic heterocycles. The number of hydrogen-bond acceptors (Lipinski definition) is 5. The Hall–Kier alpha value is -1.85. The number of unbranched alkanes of at least 4 members (excludes halogenated alkanes) is 2. The number of rotatable bonds is 18. The summed E-state index contributed by atoms with van der Waals surface area (Å²) in [5.74, 6) is 3.81. The molecule has 0 atom stereocenters. The first-order valence-corrected chi connectivity index (χ1v) is 17.1. The van der Waals surface area contributed by atoms with Crippen molar-refractivity contribution < 1.29 is 24.5 Å². The van der Waals surface area contributed by atoms with Crippen molar-refractivity contribution in [1.82, 2.24) is 0 Å². The van der Waals surface area contributed by atoms with Gasteiger partial charge in [-0.05, 0) is 99.2 Å². The Balaban J connectivity index is 1.59. The molecule has 5 heteroatoms. The molecule has 1 aromatic carbocycles. The van der Waals surface area contributed by atoms with Gasteiger partial charge in [-0.15, -0.1) is 0 Å². The smallest absolute Gasteiger partial charge is 0.333 e. The van der Waals surface area contributed by atoms with Gasteiger partial charge in [0.15, 0.2) is 0 Å². The normalized spacial score (nSPS) is 23.0. The van der Waals surface area contributed by atoms with Crippen LogP contribution in [0.4, 0.5) is 0 Å². The van der Waals surface area contributed by atoms with Crippen LogP contribution in [0.15, 0.2) is 30.4 Å². The molecule has 0 aromatic heterocycles. The zero-order valence-corrected chi connectivity index (χ0v) is 27.0. The number of carbonyl (C=O) groups excluding carboxylic acids is 1. The lowest BCUT2D eigenvalue weighted by Gasteiger charge is -2.38. The fourth-order valence-corrected chi connectivity index (χ4v) is 7.52. The number of aliphatic hydroxyl groups excluding tert-OH is 2. The van der Waals surface area contributed by atoms with Crippen LogP contribution < -0.4 is 4.74 Å². The fraction of sp³-hybridized carbons (Fsp3) is 0.757. The lowest BCUT2D eigenvalue weighted by molar-refractivity contribution is -0.138. The highest BCUT2D eigenvalue weighted by molar-refractivity contribution is 5.86. The van der Waals surface area contributed by atoms with Crippen molar-refractivity contribution in [2.24, 2.45) is 23.2 Å². The second kappa shape index (κ2) is 18.1. The molecule has 0 amide bonds. The van der Waals surface area contributed by atoms with Gasteiger partial charge in [0.1, 0.15) is 5.75 Å². The quantitative estimate of drug-likeness (QED) is 0.103. The average molecular weight is 585 g/mol. The van der Waals surface area contributed by atoms with Crippen molar-refractivity contribution in [3.05, 3.63) is 41.5 Å². The molecule has 0 saturated heterocycles. The molecular weight excluding hydrogens is 524 g/mol. The second-order valence-corrected chi connectivity index (χ2v) is 13.6. The highest BCUT2D eigenvalue weighted by atomic mass is 16.5. The minimum Gasteiger partial charge on any atom is -0.493 e. The average Bonchev–Trinajstić information content (AvgIpc) is 3.01. The highest BCUT2D eigenvalue weighted by Crippen LogP contribution is 2.45. The number of esters is 1. The topological polar surface area (TPSA) is 76.0 Å². The fourth-order valence-electron chi connectivity index (χ4n) is 7.52. The maximum absolute atomic E-state index is 12.0. The van der Waals surface area contributed by atoms with E-state index in [9.17, 15) is 15.0 Å². The second-order valence-electron chi connectivity index (χ2n) is 13.6. The molecule has 0 heterocycles. The monoisotopic (exact) mass is 584 g/mol. The van der Waals surface area contributed by atoms with Crippen LogP contribution in [-0.4, -0.2) is 42.6 Å². The van der Waals surface area contributed by atoms with Gasteiger partial charge in [-0.3, -0.25) is 0 Å². The van der Waals surface area contributed by atoms with Gasteiger partial charge in [-0.2, -0.15) is 0 Å². The van der Waals surface area contributed by atoms with E-state index in [1.54, 1.807) is 6.92 Å². The first-order chi connectivity index (χ1) is 20.3. The molecule has 0 bridgehead atoms. The number of aliphatic hydroxyl groups is 2. The largest absolute Gasteiger partial charge is 0.493 e. The van der Waals surface area contributed by atoms with Gasteiger partial charge in [-0.25, -0.2) is 4.79 Å². The van der Waals surface area contributed by atoms with Crippen LogP contribution in [0, 0.1) is 23.2 Å². The van der Waals surface area contributed by atoms with E-state index < -0.39 is 5.41 Å². The zero-order valence-electron chi connectivity index (χ0n) is 27.0. The van der Waals surface area contributed by atoms with Gasteiger partial charge < -0.3 is 19.7 Å². The van der Waals surface area contributed by atoms with Gasteiger partial charge in [0, 0.05) is 17.4 Å². The SMILES string of the molecule is C=C(C)C(=O)OCCc1cc(C2CCC(C3CCC(CCCCC)CC3)CC2)ccc1OCCC(CO)(CO)CCC. The molecule has 3 rings (SSSR count). The molecule has 5 nitrogen and oxygen atoms in total. The molecule has 0 spiro atoms. The molecule has 2 fully saturated rings. The van der Waals surface area contributed by atoms with Crippen LogP contribution in [0.25, 0.3) is 0 Å².